The maximum absolute atomic E-state index is 14.0. The minimum absolute atomic E-state index is 0.0613. The van der Waals surface area contributed by atoms with Gasteiger partial charge in [0.2, 0.25) is 28.1 Å². The number of fused-ring (bicyclic) bond motifs is 1. The van der Waals surface area contributed by atoms with Crippen molar-refractivity contribution < 1.29 is 32.6 Å². The average molecular weight is 571 g/mol. The highest BCUT2D eigenvalue weighted by Crippen LogP contribution is 2.29. The molecule has 2 unspecified atom stereocenters. The first-order chi connectivity index (χ1) is 19.2. The first-order valence-electron chi connectivity index (χ1n) is 13.6. The molecule has 0 bridgehead atoms. The molecule has 2 amide bonds. The normalized spacial score (nSPS) is 27.8. The quantitative estimate of drug-likeness (QED) is 0.414. The van der Waals surface area contributed by atoms with Crippen LogP contribution >= 0.6 is 0 Å². The summed E-state index contributed by atoms with van der Waals surface area (Å²) in [5.74, 6) is -1.56. The number of hydrogen-bond acceptors (Lipinski definition) is 8. The molecule has 2 aromatic rings. The topological polar surface area (TPSA) is 145 Å². The van der Waals surface area contributed by atoms with E-state index in [-0.39, 0.29) is 30.3 Å². The van der Waals surface area contributed by atoms with Gasteiger partial charge in [-0.3, -0.25) is 14.4 Å². The van der Waals surface area contributed by atoms with Gasteiger partial charge in [-0.15, -0.1) is 0 Å². The number of benzene rings is 2. The van der Waals surface area contributed by atoms with E-state index in [9.17, 15) is 27.9 Å². The maximum atomic E-state index is 14.0. The predicted octanol–water partition coefficient (Wildman–Crippen LogP) is 0.739. The van der Waals surface area contributed by atoms with Gasteiger partial charge < -0.3 is 25.4 Å². The molecular formula is C28H34N4O7S. The summed E-state index contributed by atoms with van der Waals surface area (Å²) in [4.78, 5) is 41.0. The van der Waals surface area contributed by atoms with Crippen LogP contribution in [0.15, 0.2) is 65.6 Å². The third-order valence-corrected chi connectivity index (χ3v) is 9.59. The highest BCUT2D eigenvalue weighted by molar-refractivity contribution is 7.89. The Kier molecular flexibility index (Phi) is 8.50. The van der Waals surface area contributed by atoms with Crippen molar-refractivity contribution in [3.8, 4) is 0 Å². The lowest BCUT2D eigenvalue weighted by Crippen LogP contribution is -2.68. The maximum Gasteiger partial charge on any atom is 0.310 e. The standard InChI is InChI=1S/C28H34N4O7S/c33-25-15-23(28(36)39-25)30-26(34)24-18-31(40(37,38)21-12-5-2-6-13-21)17-20-11-7-8-14-22(27(35)32(20)24)29-16-19-9-3-1-4-10-19/h1-6,9-10,12-13,20,22-24,28-29,36H,7-8,11,14-18H2,(H,30,34)/t20-,22-,23?,24-,28?/m0/s1. The predicted molar refractivity (Wildman–Crippen MR) is 144 cm³/mol. The fraction of sp³-hybridized carbons (Fsp3) is 0.464. The minimum Gasteiger partial charge on any atom is -0.434 e. The number of amides is 2. The Morgan fingerprint density at radius 1 is 0.975 bits per heavy atom. The van der Waals surface area contributed by atoms with Crippen molar-refractivity contribution in [3.63, 3.8) is 0 Å². The first kappa shape index (κ1) is 28.2. The number of nitrogens with zero attached hydrogens (tertiary/aromatic N) is 2. The van der Waals surface area contributed by atoms with E-state index < -0.39 is 52.4 Å². The van der Waals surface area contributed by atoms with Gasteiger partial charge in [-0.05, 0) is 30.5 Å². The lowest BCUT2D eigenvalue weighted by Gasteiger charge is -2.47. The van der Waals surface area contributed by atoms with Crippen molar-refractivity contribution in [2.24, 2.45) is 0 Å². The second-order valence-corrected chi connectivity index (χ2v) is 12.4. The Morgan fingerprint density at radius 2 is 1.65 bits per heavy atom. The molecule has 214 valence electrons. The van der Waals surface area contributed by atoms with E-state index in [0.29, 0.717) is 19.4 Å². The number of aliphatic hydroxyl groups excluding tert-OH is 1. The van der Waals surface area contributed by atoms with Crippen LogP contribution in [0.1, 0.15) is 37.7 Å². The second kappa shape index (κ2) is 12.0. The number of ether oxygens (including phenoxy) is 1. The SMILES string of the molecule is O=C1CC(NC(=O)[C@@H]2CN(S(=O)(=O)c3ccccc3)C[C@@H]3CCCC[C@H](NCc4ccccc4)C(=O)N32)C(O)O1. The Bertz CT molecular complexity index is 1320. The lowest BCUT2D eigenvalue weighted by molar-refractivity contribution is -0.156. The molecule has 0 aliphatic carbocycles. The smallest absolute Gasteiger partial charge is 0.310 e. The number of sulfonamides is 1. The van der Waals surface area contributed by atoms with Crippen LogP contribution in [0.2, 0.25) is 0 Å². The van der Waals surface area contributed by atoms with Gasteiger partial charge in [-0.25, -0.2) is 8.42 Å². The van der Waals surface area contributed by atoms with Gasteiger partial charge in [0.25, 0.3) is 0 Å². The van der Waals surface area contributed by atoms with Gasteiger partial charge in [-0.1, -0.05) is 61.4 Å². The summed E-state index contributed by atoms with van der Waals surface area (Å²) in [6.07, 6.45) is 0.926. The van der Waals surface area contributed by atoms with Crippen molar-refractivity contribution >= 4 is 27.8 Å². The van der Waals surface area contributed by atoms with E-state index in [0.717, 1.165) is 18.4 Å². The third-order valence-electron chi connectivity index (χ3n) is 7.74. The largest absolute Gasteiger partial charge is 0.434 e. The fourth-order valence-corrected chi connectivity index (χ4v) is 7.15. The lowest BCUT2D eigenvalue weighted by atomic mass is 9.94. The van der Waals surface area contributed by atoms with Crippen molar-refractivity contribution in [2.45, 2.75) is 74.0 Å². The number of nitrogens with one attached hydrogen (secondary N) is 2. The van der Waals surface area contributed by atoms with Crippen molar-refractivity contribution in [1.29, 1.82) is 0 Å². The van der Waals surface area contributed by atoms with Gasteiger partial charge in [0.15, 0.2) is 0 Å². The molecule has 3 saturated heterocycles. The Morgan fingerprint density at radius 3 is 2.33 bits per heavy atom. The number of aliphatic hydroxyl groups is 1. The van der Waals surface area contributed by atoms with Gasteiger partial charge in [0.1, 0.15) is 12.1 Å². The summed E-state index contributed by atoms with van der Waals surface area (Å²) in [5, 5.41) is 16.0. The number of cyclic esters (lactones) is 1. The molecule has 0 radical (unpaired) electrons. The van der Waals surface area contributed by atoms with E-state index in [1.807, 2.05) is 30.3 Å². The van der Waals surface area contributed by atoms with Gasteiger partial charge in [0, 0.05) is 25.7 Å². The molecule has 3 aliphatic rings. The van der Waals surface area contributed by atoms with Crippen LogP contribution in [-0.2, 0) is 35.7 Å². The van der Waals surface area contributed by atoms with Gasteiger partial charge in [0.05, 0.1) is 17.4 Å². The van der Waals surface area contributed by atoms with Gasteiger partial charge in [-0.2, -0.15) is 4.31 Å². The minimum atomic E-state index is -3.95. The van der Waals surface area contributed by atoms with Crippen LogP contribution in [0, 0.1) is 0 Å². The summed E-state index contributed by atoms with van der Waals surface area (Å²) in [7, 11) is -3.95. The summed E-state index contributed by atoms with van der Waals surface area (Å²) in [5.41, 5.74) is 1.02. The van der Waals surface area contributed by atoms with E-state index in [4.69, 9.17) is 4.74 Å². The van der Waals surface area contributed by atoms with Crippen molar-refractivity contribution in [3.05, 3.63) is 66.2 Å². The molecule has 0 saturated carbocycles. The fourth-order valence-electron chi connectivity index (χ4n) is 5.65. The highest BCUT2D eigenvalue weighted by Gasteiger charge is 2.47. The second-order valence-electron chi connectivity index (χ2n) is 10.5. The van der Waals surface area contributed by atoms with Crippen LogP contribution in [-0.4, -0.2) is 84.1 Å². The Balaban J connectivity index is 1.43. The first-order valence-corrected chi connectivity index (χ1v) is 15.0. The molecule has 40 heavy (non-hydrogen) atoms. The molecule has 0 aromatic heterocycles. The summed E-state index contributed by atoms with van der Waals surface area (Å²) < 4.78 is 33.2. The zero-order valence-electron chi connectivity index (χ0n) is 22.0. The number of hydrogen-bond donors (Lipinski definition) is 3. The van der Waals surface area contributed by atoms with Crippen LogP contribution in [0.25, 0.3) is 0 Å². The Labute approximate surface area is 233 Å². The van der Waals surface area contributed by atoms with Crippen LogP contribution in [0.3, 0.4) is 0 Å². The highest BCUT2D eigenvalue weighted by atomic mass is 32.2. The monoisotopic (exact) mass is 570 g/mol. The van der Waals surface area contributed by atoms with E-state index in [1.165, 1.54) is 21.3 Å². The zero-order chi connectivity index (χ0) is 28.3. The summed E-state index contributed by atoms with van der Waals surface area (Å²) in [6.45, 7) is 0.273. The summed E-state index contributed by atoms with van der Waals surface area (Å²) in [6, 6.07) is 14.4. The molecular weight excluding hydrogens is 536 g/mol. The molecule has 2 aromatic carbocycles. The van der Waals surface area contributed by atoms with E-state index in [2.05, 4.69) is 10.6 Å². The van der Waals surface area contributed by atoms with Crippen LogP contribution in [0.5, 0.6) is 0 Å². The molecule has 5 atom stereocenters. The molecule has 3 heterocycles. The number of carbonyl (C=O) groups excluding carboxylic acids is 3. The average Bonchev–Trinajstić information content (AvgIpc) is 3.27. The molecule has 3 N–H and O–H groups in total. The van der Waals surface area contributed by atoms with Crippen LogP contribution in [0.4, 0.5) is 0 Å². The van der Waals surface area contributed by atoms with Crippen molar-refractivity contribution in [2.75, 3.05) is 13.1 Å². The Hall–Kier alpha value is -3.32. The molecule has 3 fully saturated rings. The van der Waals surface area contributed by atoms with Crippen LogP contribution < -0.4 is 10.6 Å². The van der Waals surface area contributed by atoms with Gasteiger partial charge >= 0.3 is 5.97 Å². The van der Waals surface area contributed by atoms with E-state index in [1.54, 1.807) is 18.2 Å². The van der Waals surface area contributed by atoms with E-state index >= 15 is 0 Å². The van der Waals surface area contributed by atoms with Crippen molar-refractivity contribution in [1.82, 2.24) is 19.8 Å². The molecule has 3 aliphatic heterocycles. The number of rotatable bonds is 7. The summed E-state index contributed by atoms with van der Waals surface area (Å²) >= 11 is 0. The molecule has 11 nitrogen and oxygen atoms in total. The number of piperazine rings is 1. The molecule has 0 spiro atoms. The zero-order valence-corrected chi connectivity index (χ0v) is 22.8. The number of carbonyl (C=O) groups is 3. The molecule has 12 heteroatoms. The number of esters is 1. The third kappa shape index (κ3) is 6.04. The molecule has 5 rings (SSSR count).